The molecule has 4 aromatic rings. The molecule has 1 aromatic heterocycles. The van der Waals surface area contributed by atoms with Gasteiger partial charge in [0.05, 0.1) is 0 Å². The van der Waals surface area contributed by atoms with Crippen molar-refractivity contribution in [2.75, 3.05) is 13.2 Å². The average Bonchev–Trinajstić information content (AvgIpc) is 3.42. The van der Waals surface area contributed by atoms with Crippen LogP contribution in [0.15, 0.2) is 78.2 Å². The highest BCUT2D eigenvalue weighted by Crippen LogP contribution is 2.44. The highest BCUT2D eigenvalue weighted by atomic mass is 32.1. The Bertz CT molecular complexity index is 1220. The maximum atomic E-state index is 12.3. The average molecular weight is 446 g/mol. The van der Waals surface area contributed by atoms with E-state index in [0.29, 0.717) is 5.56 Å². The summed E-state index contributed by atoms with van der Waals surface area (Å²) in [5, 5.41) is 26.4. The molecular weight excluding hydrogens is 422 g/mol. The largest absolute Gasteiger partial charge is 0.449 e. The lowest BCUT2D eigenvalue weighted by atomic mass is 9.98. The molecule has 5 rings (SSSR count). The van der Waals surface area contributed by atoms with Crippen LogP contribution in [0.4, 0.5) is 4.79 Å². The third kappa shape index (κ3) is 3.88. The minimum Gasteiger partial charge on any atom is -0.449 e. The van der Waals surface area contributed by atoms with E-state index >= 15 is 0 Å². The van der Waals surface area contributed by atoms with Gasteiger partial charge in [-0.2, -0.15) is 0 Å². The van der Waals surface area contributed by atoms with Gasteiger partial charge in [-0.05, 0) is 56.8 Å². The predicted molar refractivity (Wildman–Crippen MR) is 126 cm³/mol. The van der Waals surface area contributed by atoms with Gasteiger partial charge in [-0.3, -0.25) is 0 Å². The smallest absolute Gasteiger partial charge is 0.407 e. The molecule has 2 atom stereocenters. The van der Waals surface area contributed by atoms with E-state index in [0.717, 1.165) is 21.2 Å². The van der Waals surface area contributed by atoms with Gasteiger partial charge in [-0.1, -0.05) is 54.6 Å². The molecule has 0 aliphatic heterocycles. The van der Waals surface area contributed by atoms with Gasteiger partial charge in [-0.15, -0.1) is 11.3 Å². The Labute approximate surface area is 189 Å². The van der Waals surface area contributed by atoms with Crippen molar-refractivity contribution >= 4 is 27.5 Å². The maximum absolute atomic E-state index is 12.3. The topological polar surface area (TPSA) is 78.8 Å². The lowest BCUT2D eigenvalue weighted by Crippen LogP contribution is -2.36. The molecule has 5 nitrogen and oxygen atoms in total. The van der Waals surface area contributed by atoms with Crippen LogP contribution >= 0.6 is 11.3 Å². The van der Waals surface area contributed by atoms with Crippen molar-refractivity contribution < 1.29 is 19.7 Å². The standard InChI is InChI=1S/C26H23NO4S/c28-23(25(29)17-9-10-24-16(13-17)11-12-32-24)14-27-26(30)31-15-22-20-7-3-1-5-18(20)19-6-2-4-8-21(19)22/h1-13,22-23,25,28-29H,14-15H2,(H,27,30). The van der Waals surface area contributed by atoms with Gasteiger partial charge in [0.1, 0.15) is 18.8 Å². The normalized spacial score (nSPS) is 14.6. The molecule has 3 N–H and O–H groups in total. The summed E-state index contributed by atoms with van der Waals surface area (Å²) >= 11 is 1.62. The van der Waals surface area contributed by atoms with Crippen LogP contribution < -0.4 is 5.32 Å². The van der Waals surface area contributed by atoms with Crippen molar-refractivity contribution in [3.63, 3.8) is 0 Å². The van der Waals surface area contributed by atoms with Gasteiger partial charge in [-0.25, -0.2) is 4.79 Å². The summed E-state index contributed by atoms with van der Waals surface area (Å²) in [5.41, 5.74) is 5.22. The first-order valence-corrected chi connectivity index (χ1v) is 11.4. The first-order valence-electron chi connectivity index (χ1n) is 10.5. The number of amides is 1. The van der Waals surface area contributed by atoms with Crippen LogP contribution in [0.3, 0.4) is 0 Å². The second kappa shape index (κ2) is 8.74. The summed E-state index contributed by atoms with van der Waals surface area (Å²) < 4.78 is 6.60. The predicted octanol–water partition coefficient (Wildman–Crippen LogP) is 4.83. The molecule has 3 aromatic carbocycles. The summed E-state index contributed by atoms with van der Waals surface area (Å²) in [5.74, 6) is -0.0268. The number of alkyl carbamates (subject to hydrolysis) is 1. The number of ether oxygens (including phenoxy) is 1. The molecule has 0 bridgehead atoms. The minimum absolute atomic E-state index is 0.0268. The fourth-order valence-corrected chi connectivity index (χ4v) is 5.11. The Balaban J connectivity index is 1.18. The molecule has 0 saturated carbocycles. The summed E-state index contributed by atoms with van der Waals surface area (Å²) in [7, 11) is 0. The van der Waals surface area contributed by atoms with Gasteiger partial charge < -0.3 is 20.3 Å². The van der Waals surface area contributed by atoms with E-state index in [9.17, 15) is 15.0 Å². The van der Waals surface area contributed by atoms with Crippen LogP contribution in [0.1, 0.15) is 28.7 Å². The number of hydrogen-bond donors (Lipinski definition) is 3. The first kappa shape index (κ1) is 20.7. The van der Waals surface area contributed by atoms with E-state index < -0.39 is 18.3 Å². The summed E-state index contributed by atoms with van der Waals surface area (Å²) in [6.45, 7) is 0.0901. The number of benzene rings is 3. The van der Waals surface area contributed by atoms with Crippen LogP contribution in [-0.2, 0) is 4.74 Å². The van der Waals surface area contributed by atoms with E-state index in [-0.39, 0.29) is 19.1 Å². The van der Waals surface area contributed by atoms with Crippen molar-refractivity contribution in [2.24, 2.45) is 0 Å². The quantitative estimate of drug-likeness (QED) is 0.397. The SMILES string of the molecule is O=C(NCC(O)C(O)c1ccc2sccc2c1)OCC1c2ccccc2-c2ccccc21. The number of carbonyl (C=O) groups excluding carboxylic acids is 1. The van der Waals surface area contributed by atoms with Crippen molar-refractivity contribution in [1.82, 2.24) is 5.32 Å². The van der Waals surface area contributed by atoms with E-state index in [1.807, 2.05) is 47.8 Å². The maximum Gasteiger partial charge on any atom is 0.407 e. The molecule has 0 saturated heterocycles. The number of hydrogen-bond acceptors (Lipinski definition) is 5. The van der Waals surface area contributed by atoms with E-state index in [4.69, 9.17) is 4.74 Å². The summed E-state index contributed by atoms with van der Waals surface area (Å²) in [4.78, 5) is 12.3. The van der Waals surface area contributed by atoms with Crippen LogP contribution in [0.2, 0.25) is 0 Å². The zero-order chi connectivity index (χ0) is 22.1. The Hall–Kier alpha value is -3.19. The molecule has 1 heterocycles. The van der Waals surface area contributed by atoms with E-state index in [1.54, 1.807) is 17.4 Å². The molecule has 1 aliphatic carbocycles. The van der Waals surface area contributed by atoms with Gasteiger partial charge in [0.2, 0.25) is 0 Å². The molecule has 32 heavy (non-hydrogen) atoms. The number of carbonyl (C=O) groups is 1. The Morgan fingerprint density at radius 1 is 0.969 bits per heavy atom. The van der Waals surface area contributed by atoms with Crippen molar-refractivity contribution in [2.45, 2.75) is 18.1 Å². The third-order valence-corrected chi connectivity index (χ3v) is 6.88. The number of fused-ring (bicyclic) bond motifs is 4. The van der Waals surface area contributed by atoms with Gasteiger partial charge in [0.15, 0.2) is 0 Å². The van der Waals surface area contributed by atoms with Crippen LogP contribution in [0.25, 0.3) is 21.2 Å². The molecule has 162 valence electrons. The second-order valence-electron chi connectivity index (χ2n) is 7.94. The molecule has 0 spiro atoms. The Morgan fingerprint density at radius 3 is 2.38 bits per heavy atom. The van der Waals surface area contributed by atoms with Gasteiger partial charge in [0, 0.05) is 17.2 Å². The van der Waals surface area contributed by atoms with E-state index in [1.165, 1.54) is 11.1 Å². The monoisotopic (exact) mass is 445 g/mol. The zero-order valence-electron chi connectivity index (χ0n) is 17.3. The second-order valence-corrected chi connectivity index (χ2v) is 8.88. The lowest BCUT2D eigenvalue weighted by molar-refractivity contribution is 0.0186. The van der Waals surface area contributed by atoms with E-state index in [2.05, 4.69) is 29.6 Å². The molecule has 1 aliphatic rings. The highest BCUT2D eigenvalue weighted by Gasteiger charge is 2.29. The molecule has 1 amide bonds. The number of aliphatic hydroxyl groups excluding tert-OH is 2. The van der Waals surface area contributed by atoms with Crippen LogP contribution in [-0.4, -0.2) is 35.6 Å². The molecule has 6 heteroatoms. The molecule has 0 radical (unpaired) electrons. The summed E-state index contributed by atoms with van der Waals surface area (Å²) in [6, 6.07) is 23.8. The Kier molecular flexibility index (Phi) is 5.66. The lowest BCUT2D eigenvalue weighted by Gasteiger charge is -2.19. The number of thiophene rings is 1. The molecule has 0 fully saturated rings. The number of rotatable bonds is 6. The van der Waals surface area contributed by atoms with Crippen molar-refractivity contribution in [1.29, 1.82) is 0 Å². The zero-order valence-corrected chi connectivity index (χ0v) is 18.1. The minimum atomic E-state index is -1.15. The first-order chi connectivity index (χ1) is 15.6. The van der Waals surface area contributed by atoms with Crippen molar-refractivity contribution in [3.8, 4) is 11.1 Å². The fraction of sp³-hybridized carbons (Fsp3) is 0.192. The van der Waals surface area contributed by atoms with Crippen LogP contribution in [0, 0.1) is 0 Å². The van der Waals surface area contributed by atoms with Crippen molar-refractivity contribution in [3.05, 3.63) is 94.9 Å². The van der Waals surface area contributed by atoms with Crippen LogP contribution in [0.5, 0.6) is 0 Å². The molecular formula is C26H23NO4S. The number of aliphatic hydroxyl groups is 2. The third-order valence-electron chi connectivity index (χ3n) is 5.98. The molecule has 2 unspecified atom stereocenters. The Morgan fingerprint density at radius 2 is 1.66 bits per heavy atom. The highest BCUT2D eigenvalue weighted by molar-refractivity contribution is 7.17. The van der Waals surface area contributed by atoms with Gasteiger partial charge in [0.25, 0.3) is 0 Å². The fourth-order valence-electron chi connectivity index (χ4n) is 4.34. The summed E-state index contributed by atoms with van der Waals surface area (Å²) in [6.07, 6.45) is -2.87. The number of nitrogens with one attached hydrogen (secondary N) is 1. The van der Waals surface area contributed by atoms with Gasteiger partial charge >= 0.3 is 6.09 Å².